The Bertz CT molecular complexity index is 423. The Morgan fingerprint density at radius 2 is 2.22 bits per heavy atom. The van der Waals surface area contributed by atoms with Gasteiger partial charge in [-0.3, -0.25) is 4.79 Å². The van der Waals surface area contributed by atoms with E-state index in [1.807, 2.05) is 6.92 Å². The van der Waals surface area contributed by atoms with Crippen LogP contribution in [-0.4, -0.2) is 37.9 Å². The van der Waals surface area contributed by atoms with Crippen LogP contribution in [0.3, 0.4) is 0 Å². The van der Waals surface area contributed by atoms with Crippen molar-refractivity contribution in [3.05, 3.63) is 22.2 Å². The Morgan fingerprint density at radius 3 is 2.78 bits per heavy atom. The van der Waals surface area contributed by atoms with Crippen LogP contribution < -0.4 is 14.8 Å². The lowest BCUT2D eigenvalue weighted by Gasteiger charge is -2.13. The van der Waals surface area contributed by atoms with E-state index < -0.39 is 0 Å². The van der Waals surface area contributed by atoms with Crippen LogP contribution in [0.5, 0.6) is 11.5 Å². The minimum atomic E-state index is -0.270. The van der Waals surface area contributed by atoms with Crippen molar-refractivity contribution < 1.29 is 19.4 Å². The van der Waals surface area contributed by atoms with Crippen molar-refractivity contribution >= 4 is 21.8 Å². The number of carbonyl (C=O) groups excluding carboxylic acids is 1. The number of methoxy groups -OCH3 is 1. The van der Waals surface area contributed by atoms with Gasteiger partial charge in [0.15, 0.2) is 11.5 Å². The van der Waals surface area contributed by atoms with Crippen LogP contribution in [0.15, 0.2) is 16.6 Å². The van der Waals surface area contributed by atoms with Gasteiger partial charge in [-0.25, -0.2) is 0 Å². The third-order valence-corrected chi connectivity index (χ3v) is 2.76. The van der Waals surface area contributed by atoms with E-state index in [9.17, 15) is 4.79 Å². The number of aliphatic hydroxyl groups is 1. The molecule has 0 saturated carbocycles. The summed E-state index contributed by atoms with van der Waals surface area (Å²) in [6, 6.07) is 3.26. The van der Waals surface area contributed by atoms with Crippen molar-refractivity contribution in [3.8, 4) is 11.5 Å². The van der Waals surface area contributed by atoms with Crippen LogP contribution in [0.4, 0.5) is 0 Å². The first-order chi connectivity index (χ1) is 8.63. The van der Waals surface area contributed by atoms with Crippen molar-refractivity contribution in [3.63, 3.8) is 0 Å². The molecule has 1 aromatic rings. The van der Waals surface area contributed by atoms with E-state index in [1.165, 1.54) is 7.11 Å². The standard InChI is InChI=1S/C12H16BrNO4/c1-3-18-10-7-8(12(16)14-4-5-15)6-9(13)11(10)17-2/h6-7,15H,3-5H2,1-2H3,(H,14,16). The van der Waals surface area contributed by atoms with E-state index in [0.29, 0.717) is 28.1 Å². The van der Waals surface area contributed by atoms with Gasteiger partial charge in [-0.05, 0) is 35.0 Å². The second-order valence-electron chi connectivity index (χ2n) is 3.40. The molecule has 0 unspecified atom stereocenters. The summed E-state index contributed by atoms with van der Waals surface area (Å²) in [6.45, 7) is 2.45. The summed E-state index contributed by atoms with van der Waals surface area (Å²) in [5, 5.41) is 11.2. The average Bonchev–Trinajstić information content (AvgIpc) is 2.36. The maximum absolute atomic E-state index is 11.8. The molecule has 0 atom stereocenters. The third-order valence-electron chi connectivity index (χ3n) is 2.17. The number of benzene rings is 1. The molecule has 18 heavy (non-hydrogen) atoms. The Labute approximate surface area is 114 Å². The molecule has 0 aliphatic heterocycles. The van der Waals surface area contributed by atoms with Gasteiger partial charge in [-0.1, -0.05) is 0 Å². The van der Waals surface area contributed by atoms with Gasteiger partial charge in [0.1, 0.15) is 0 Å². The van der Waals surface area contributed by atoms with Crippen molar-refractivity contribution in [2.45, 2.75) is 6.92 Å². The molecular formula is C12H16BrNO4. The summed E-state index contributed by atoms with van der Waals surface area (Å²) >= 11 is 3.33. The molecular weight excluding hydrogens is 302 g/mol. The van der Waals surface area contributed by atoms with E-state index in [-0.39, 0.29) is 19.1 Å². The maximum atomic E-state index is 11.8. The summed E-state index contributed by atoms with van der Waals surface area (Å²) in [4.78, 5) is 11.8. The predicted octanol–water partition coefficient (Wildman–Crippen LogP) is 1.58. The summed E-state index contributed by atoms with van der Waals surface area (Å²) in [5.41, 5.74) is 0.444. The topological polar surface area (TPSA) is 67.8 Å². The molecule has 2 N–H and O–H groups in total. The van der Waals surface area contributed by atoms with Crippen LogP contribution >= 0.6 is 15.9 Å². The largest absolute Gasteiger partial charge is 0.492 e. The highest BCUT2D eigenvalue weighted by molar-refractivity contribution is 9.10. The van der Waals surface area contributed by atoms with Gasteiger partial charge in [0.2, 0.25) is 0 Å². The number of amides is 1. The Balaban J connectivity index is 3.03. The Kier molecular flexibility index (Phi) is 5.94. The molecule has 0 saturated heterocycles. The number of halogens is 1. The molecule has 1 amide bonds. The van der Waals surface area contributed by atoms with Crippen LogP contribution in [0.1, 0.15) is 17.3 Å². The number of hydrogen-bond donors (Lipinski definition) is 2. The summed E-state index contributed by atoms with van der Waals surface area (Å²) in [5.74, 6) is 0.785. The first-order valence-corrected chi connectivity index (χ1v) is 6.32. The van der Waals surface area contributed by atoms with Gasteiger partial charge in [-0.15, -0.1) is 0 Å². The number of carbonyl (C=O) groups is 1. The fourth-order valence-electron chi connectivity index (χ4n) is 1.43. The van der Waals surface area contributed by atoms with E-state index in [1.54, 1.807) is 12.1 Å². The normalized spacial score (nSPS) is 10.0. The monoisotopic (exact) mass is 317 g/mol. The zero-order valence-corrected chi connectivity index (χ0v) is 11.9. The molecule has 1 aromatic carbocycles. The maximum Gasteiger partial charge on any atom is 0.251 e. The number of ether oxygens (including phenoxy) is 2. The van der Waals surface area contributed by atoms with Crippen LogP contribution in [0.25, 0.3) is 0 Å². The first kappa shape index (κ1) is 14.8. The van der Waals surface area contributed by atoms with E-state index in [2.05, 4.69) is 21.2 Å². The van der Waals surface area contributed by atoms with Crippen LogP contribution in [0, 0.1) is 0 Å². The molecule has 0 bridgehead atoms. The highest BCUT2D eigenvalue weighted by Crippen LogP contribution is 2.36. The zero-order chi connectivity index (χ0) is 13.5. The quantitative estimate of drug-likeness (QED) is 0.836. The fourth-order valence-corrected chi connectivity index (χ4v) is 2.04. The first-order valence-electron chi connectivity index (χ1n) is 5.53. The summed E-state index contributed by atoms with van der Waals surface area (Å²) in [7, 11) is 1.54. The zero-order valence-electron chi connectivity index (χ0n) is 10.3. The van der Waals surface area contributed by atoms with E-state index in [0.717, 1.165) is 0 Å². The average molecular weight is 318 g/mol. The molecule has 5 nitrogen and oxygen atoms in total. The van der Waals surface area contributed by atoms with Crippen molar-refractivity contribution in [2.75, 3.05) is 26.9 Å². The highest BCUT2D eigenvalue weighted by atomic mass is 79.9. The second-order valence-corrected chi connectivity index (χ2v) is 4.26. The van der Waals surface area contributed by atoms with Crippen molar-refractivity contribution in [1.82, 2.24) is 5.32 Å². The lowest BCUT2D eigenvalue weighted by Crippen LogP contribution is -2.26. The SMILES string of the molecule is CCOc1cc(C(=O)NCCO)cc(Br)c1OC. The van der Waals surface area contributed by atoms with Gasteiger partial charge < -0.3 is 19.9 Å². The Hall–Kier alpha value is -1.27. The lowest BCUT2D eigenvalue weighted by atomic mass is 10.2. The lowest BCUT2D eigenvalue weighted by molar-refractivity contribution is 0.0944. The molecule has 0 aliphatic carbocycles. The van der Waals surface area contributed by atoms with Gasteiger partial charge >= 0.3 is 0 Å². The van der Waals surface area contributed by atoms with Gasteiger partial charge in [0.05, 0.1) is 24.8 Å². The summed E-state index contributed by atoms with van der Waals surface area (Å²) in [6.07, 6.45) is 0. The minimum Gasteiger partial charge on any atom is -0.492 e. The molecule has 0 spiro atoms. The molecule has 6 heteroatoms. The van der Waals surface area contributed by atoms with Gasteiger partial charge in [0.25, 0.3) is 5.91 Å². The fraction of sp³-hybridized carbons (Fsp3) is 0.417. The van der Waals surface area contributed by atoms with Crippen molar-refractivity contribution in [2.24, 2.45) is 0 Å². The Morgan fingerprint density at radius 1 is 1.50 bits per heavy atom. The minimum absolute atomic E-state index is 0.0959. The molecule has 0 aromatic heterocycles. The number of aliphatic hydroxyl groups excluding tert-OH is 1. The van der Waals surface area contributed by atoms with E-state index in [4.69, 9.17) is 14.6 Å². The summed E-state index contributed by atoms with van der Waals surface area (Å²) < 4.78 is 11.3. The molecule has 100 valence electrons. The smallest absolute Gasteiger partial charge is 0.251 e. The van der Waals surface area contributed by atoms with Crippen LogP contribution in [0.2, 0.25) is 0 Å². The predicted molar refractivity (Wildman–Crippen MR) is 71.3 cm³/mol. The third kappa shape index (κ3) is 3.61. The number of nitrogens with one attached hydrogen (secondary N) is 1. The van der Waals surface area contributed by atoms with Crippen LogP contribution in [-0.2, 0) is 0 Å². The molecule has 1 rings (SSSR count). The highest BCUT2D eigenvalue weighted by Gasteiger charge is 2.14. The number of hydrogen-bond acceptors (Lipinski definition) is 4. The van der Waals surface area contributed by atoms with Gasteiger partial charge in [-0.2, -0.15) is 0 Å². The molecule has 0 radical (unpaired) electrons. The second kappa shape index (κ2) is 7.23. The molecule has 0 aliphatic rings. The molecule has 0 heterocycles. The van der Waals surface area contributed by atoms with E-state index >= 15 is 0 Å². The number of rotatable bonds is 6. The van der Waals surface area contributed by atoms with Crippen molar-refractivity contribution in [1.29, 1.82) is 0 Å². The van der Waals surface area contributed by atoms with Gasteiger partial charge in [0, 0.05) is 12.1 Å². The molecule has 0 fully saturated rings.